The van der Waals surface area contributed by atoms with E-state index in [1.54, 1.807) is 11.5 Å². The number of imidazole rings is 1. The van der Waals surface area contributed by atoms with Gasteiger partial charge in [0.1, 0.15) is 18.4 Å². The summed E-state index contributed by atoms with van der Waals surface area (Å²) in [6.07, 6.45) is 3.90. The Labute approximate surface area is 123 Å². The summed E-state index contributed by atoms with van der Waals surface area (Å²) in [6, 6.07) is 0.204. The molecule has 116 valence electrons. The van der Waals surface area contributed by atoms with Crippen LogP contribution in [0.4, 0.5) is 10.2 Å². The molecular formula is C12H12FN5O4. The minimum Gasteiger partial charge on any atom is -0.459 e. The molecule has 0 amide bonds. The molecule has 0 aromatic carbocycles. The largest absolute Gasteiger partial charge is 0.459 e. The van der Waals surface area contributed by atoms with Crippen molar-refractivity contribution in [3.05, 3.63) is 34.5 Å². The molecule has 0 saturated carbocycles. The van der Waals surface area contributed by atoms with E-state index in [0.29, 0.717) is 13.0 Å². The third kappa shape index (κ3) is 2.80. The first-order valence-corrected chi connectivity index (χ1v) is 6.46. The van der Waals surface area contributed by atoms with Gasteiger partial charge in [-0.15, -0.1) is 0 Å². The van der Waals surface area contributed by atoms with Gasteiger partial charge in [0.25, 0.3) is 0 Å². The zero-order valence-electron chi connectivity index (χ0n) is 11.6. The van der Waals surface area contributed by atoms with Crippen molar-refractivity contribution in [3.63, 3.8) is 0 Å². The summed E-state index contributed by atoms with van der Waals surface area (Å²) < 4.78 is 25.4. The van der Waals surface area contributed by atoms with E-state index < -0.39 is 16.3 Å². The number of hydrogen-bond donors (Lipinski definition) is 0. The maximum atomic E-state index is 12.7. The number of ether oxygens (including phenoxy) is 2. The molecule has 3 rings (SSSR count). The number of nitro groups is 1. The Morgan fingerprint density at radius 1 is 1.55 bits per heavy atom. The van der Waals surface area contributed by atoms with Crippen molar-refractivity contribution in [1.82, 2.24) is 19.5 Å². The van der Waals surface area contributed by atoms with Crippen molar-refractivity contribution in [2.45, 2.75) is 25.5 Å². The second-order valence-corrected chi connectivity index (χ2v) is 5.11. The molecule has 0 N–H and O–H groups in total. The Morgan fingerprint density at radius 3 is 2.95 bits per heavy atom. The monoisotopic (exact) mass is 309 g/mol. The molecule has 2 aromatic rings. The van der Waals surface area contributed by atoms with E-state index in [4.69, 9.17) is 9.47 Å². The molecule has 0 saturated heterocycles. The second kappa shape index (κ2) is 5.20. The smallest absolute Gasteiger partial charge is 0.414 e. The van der Waals surface area contributed by atoms with Crippen molar-refractivity contribution in [1.29, 1.82) is 0 Å². The van der Waals surface area contributed by atoms with Crippen LogP contribution in [0.25, 0.3) is 0 Å². The zero-order valence-corrected chi connectivity index (χ0v) is 11.6. The molecule has 10 heteroatoms. The average Bonchev–Trinajstić information content (AvgIpc) is 2.90. The highest BCUT2D eigenvalue weighted by atomic mass is 19.1. The van der Waals surface area contributed by atoms with Crippen LogP contribution >= 0.6 is 0 Å². The van der Waals surface area contributed by atoms with Crippen molar-refractivity contribution in [2.24, 2.45) is 0 Å². The standard InChI is InChI=1S/C12H12FN5O4/c1-12(7-21-10-14-4-8(13)5-15-10)2-3-17-6-9(18(19)20)16-11(17)22-12/h4-6H,2-3,7H2,1H3. The van der Waals surface area contributed by atoms with Crippen molar-refractivity contribution in [2.75, 3.05) is 6.61 Å². The lowest BCUT2D eigenvalue weighted by Gasteiger charge is -2.31. The van der Waals surface area contributed by atoms with Crippen LogP contribution in [0.1, 0.15) is 13.3 Å². The van der Waals surface area contributed by atoms with Gasteiger partial charge in [-0.05, 0) is 11.8 Å². The Kier molecular flexibility index (Phi) is 3.35. The fourth-order valence-corrected chi connectivity index (χ4v) is 2.04. The topological polar surface area (TPSA) is 105 Å². The summed E-state index contributed by atoms with van der Waals surface area (Å²) in [6.45, 7) is 2.42. The molecule has 0 radical (unpaired) electrons. The first kappa shape index (κ1) is 14.2. The fourth-order valence-electron chi connectivity index (χ4n) is 2.04. The van der Waals surface area contributed by atoms with Crippen LogP contribution in [-0.2, 0) is 6.54 Å². The van der Waals surface area contributed by atoms with E-state index >= 15 is 0 Å². The maximum Gasteiger partial charge on any atom is 0.414 e. The van der Waals surface area contributed by atoms with Crippen LogP contribution in [-0.4, -0.2) is 36.7 Å². The summed E-state index contributed by atoms with van der Waals surface area (Å²) in [7, 11) is 0. The van der Waals surface area contributed by atoms with Gasteiger partial charge in [0.05, 0.1) is 12.4 Å². The molecule has 2 aromatic heterocycles. The number of aromatic nitrogens is 4. The molecule has 9 nitrogen and oxygen atoms in total. The quantitative estimate of drug-likeness (QED) is 0.619. The third-order valence-electron chi connectivity index (χ3n) is 3.24. The van der Waals surface area contributed by atoms with Gasteiger partial charge in [0.2, 0.25) is 0 Å². The van der Waals surface area contributed by atoms with Gasteiger partial charge in [0, 0.05) is 17.9 Å². The van der Waals surface area contributed by atoms with Crippen LogP contribution in [0.2, 0.25) is 0 Å². The number of fused-ring (bicyclic) bond motifs is 1. The third-order valence-corrected chi connectivity index (χ3v) is 3.24. The SMILES string of the molecule is CC1(COc2ncc(F)cn2)CCn2cc([N+](=O)[O-])nc2O1. The highest BCUT2D eigenvalue weighted by Gasteiger charge is 2.37. The van der Waals surface area contributed by atoms with Crippen LogP contribution in [0.3, 0.4) is 0 Å². The Bertz CT molecular complexity index is 704. The minimum atomic E-state index is -0.729. The van der Waals surface area contributed by atoms with E-state index in [1.165, 1.54) is 6.20 Å². The lowest BCUT2D eigenvalue weighted by Crippen LogP contribution is -2.43. The molecule has 0 spiro atoms. The second-order valence-electron chi connectivity index (χ2n) is 5.11. The van der Waals surface area contributed by atoms with Gasteiger partial charge < -0.3 is 19.6 Å². The zero-order chi connectivity index (χ0) is 15.7. The first-order valence-electron chi connectivity index (χ1n) is 6.46. The molecule has 22 heavy (non-hydrogen) atoms. The van der Waals surface area contributed by atoms with Gasteiger partial charge >= 0.3 is 17.8 Å². The van der Waals surface area contributed by atoms with Crippen molar-refractivity contribution >= 4 is 5.82 Å². The maximum absolute atomic E-state index is 12.7. The van der Waals surface area contributed by atoms with Gasteiger partial charge in [-0.2, -0.15) is 0 Å². The minimum absolute atomic E-state index is 0.0334. The number of rotatable bonds is 4. The highest BCUT2D eigenvalue weighted by molar-refractivity contribution is 5.22. The van der Waals surface area contributed by atoms with Crippen molar-refractivity contribution in [3.8, 4) is 12.0 Å². The van der Waals surface area contributed by atoms with Gasteiger partial charge in [-0.25, -0.2) is 14.4 Å². The van der Waals surface area contributed by atoms with E-state index in [9.17, 15) is 14.5 Å². The molecule has 3 heterocycles. The van der Waals surface area contributed by atoms with Crippen LogP contribution in [0, 0.1) is 15.9 Å². The van der Waals surface area contributed by atoms with E-state index in [2.05, 4.69) is 15.0 Å². The Balaban J connectivity index is 1.69. The summed E-state index contributed by atoms with van der Waals surface area (Å²) in [5.41, 5.74) is -0.729. The molecule has 1 unspecified atom stereocenters. The van der Waals surface area contributed by atoms with E-state index in [0.717, 1.165) is 12.4 Å². The van der Waals surface area contributed by atoms with Crippen LogP contribution in [0.15, 0.2) is 18.6 Å². The predicted octanol–water partition coefficient (Wildman–Crippen LogP) is 1.34. The van der Waals surface area contributed by atoms with Gasteiger partial charge in [0.15, 0.2) is 5.82 Å². The fraction of sp³-hybridized carbons (Fsp3) is 0.417. The van der Waals surface area contributed by atoms with Gasteiger partial charge in [-0.3, -0.25) is 4.57 Å². The van der Waals surface area contributed by atoms with Crippen LogP contribution in [0.5, 0.6) is 12.0 Å². The Morgan fingerprint density at radius 2 is 2.27 bits per heavy atom. The Hall–Kier alpha value is -2.78. The number of aryl methyl sites for hydroxylation is 1. The average molecular weight is 309 g/mol. The normalized spacial score (nSPS) is 20.1. The van der Waals surface area contributed by atoms with Crippen molar-refractivity contribution < 1.29 is 18.8 Å². The number of hydrogen-bond acceptors (Lipinski definition) is 7. The van der Waals surface area contributed by atoms with Gasteiger partial charge in [-0.1, -0.05) is 0 Å². The summed E-state index contributed by atoms with van der Waals surface area (Å²) >= 11 is 0. The lowest BCUT2D eigenvalue weighted by atomic mass is 10.0. The first-order chi connectivity index (χ1) is 10.5. The van der Waals surface area contributed by atoms with Crippen LogP contribution < -0.4 is 9.47 Å². The number of halogens is 1. The summed E-state index contributed by atoms with van der Waals surface area (Å²) in [5, 5.41) is 10.7. The molecule has 1 aliphatic rings. The molecule has 0 aliphatic carbocycles. The summed E-state index contributed by atoms with van der Waals surface area (Å²) in [4.78, 5) is 21.3. The molecule has 1 atom stereocenters. The molecule has 0 fully saturated rings. The van der Waals surface area contributed by atoms with E-state index in [-0.39, 0.29) is 24.4 Å². The van der Waals surface area contributed by atoms with E-state index in [1.807, 2.05) is 0 Å². The lowest BCUT2D eigenvalue weighted by molar-refractivity contribution is -0.389. The highest BCUT2D eigenvalue weighted by Crippen LogP contribution is 2.30. The number of nitrogens with zero attached hydrogens (tertiary/aromatic N) is 5. The molecule has 1 aliphatic heterocycles. The molecular weight excluding hydrogens is 297 g/mol. The summed E-state index contributed by atoms with van der Waals surface area (Å²) in [5.74, 6) is -0.816. The molecule has 0 bridgehead atoms. The predicted molar refractivity (Wildman–Crippen MR) is 70.0 cm³/mol.